The molecule has 1 heterocycles. The Labute approximate surface area is 110 Å². The number of anilines is 1. The van der Waals surface area contributed by atoms with Crippen LogP contribution < -0.4 is 10.6 Å². The fourth-order valence-electron chi connectivity index (χ4n) is 1.38. The molecule has 0 fully saturated rings. The molecular weight excluding hydrogens is 254 g/mol. The topological polar surface area (TPSA) is 91.3 Å². The number of nitrogens with zero attached hydrogens (tertiary/aromatic N) is 1. The van der Waals surface area contributed by atoms with Crippen LogP contribution in [0.25, 0.3) is 0 Å². The second-order valence-corrected chi connectivity index (χ2v) is 4.58. The molecule has 0 aliphatic rings. The predicted octanol–water partition coefficient (Wildman–Crippen LogP) is 1.48. The van der Waals surface area contributed by atoms with E-state index in [-0.39, 0.29) is 11.5 Å². The molecule has 7 heteroatoms. The normalized spacial score (nSPS) is 10.1. The summed E-state index contributed by atoms with van der Waals surface area (Å²) in [5.74, 6) is -1.04. The minimum Gasteiger partial charge on any atom is -0.478 e. The van der Waals surface area contributed by atoms with Gasteiger partial charge in [-0.25, -0.2) is 4.79 Å². The number of nitrogens with one attached hydrogen (secondary N) is 2. The van der Waals surface area contributed by atoms with Gasteiger partial charge in [0.15, 0.2) is 0 Å². The largest absolute Gasteiger partial charge is 0.478 e. The van der Waals surface area contributed by atoms with Crippen LogP contribution in [-0.2, 0) is 4.79 Å². The number of aromatic nitrogens is 1. The molecule has 1 rings (SSSR count). The summed E-state index contributed by atoms with van der Waals surface area (Å²) in [6.07, 6.45) is 1.21. The maximum Gasteiger partial charge on any atom is 0.340 e. The van der Waals surface area contributed by atoms with Crippen molar-refractivity contribution in [3.05, 3.63) is 11.3 Å². The summed E-state index contributed by atoms with van der Waals surface area (Å²) in [6.45, 7) is 4.70. The van der Waals surface area contributed by atoms with Crippen LogP contribution in [0.3, 0.4) is 0 Å². The van der Waals surface area contributed by atoms with E-state index in [4.69, 9.17) is 5.11 Å². The van der Waals surface area contributed by atoms with Gasteiger partial charge in [-0.1, -0.05) is 6.92 Å². The molecule has 0 saturated heterocycles. The summed E-state index contributed by atoms with van der Waals surface area (Å²) in [4.78, 5) is 22.3. The Morgan fingerprint density at radius 2 is 2.11 bits per heavy atom. The molecule has 6 nitrogen and oxygen atoms in total. The average molecular weight is 271 g/mol. The van der Waals surface area contributed by atoms with E-state index in [0.29, 0.717) is 30.2 Å². The summed E-state index contributed by atoms with van der Waals surface area (Å²) in [6, 6.07) is 0. The molecule has 0 saturated carbocycles. The third-order valence-corrected chi connectivity index (χ3v) is 3.18. The molecule has 100 valence electrons. The van der Waals surface area contributed by atoms with Gasteiger partial charge < -0.3 is 15.7 Å². The van der Waals surface area contributed by atoms with Crippen molar-refractivity contribution in [2.24, 2.45) is 0 Å². The first-order chi connectivity index (χ1) is 8.56. The number of aryl methyl sites for hydroxylation is 1. The Morgan fingerprint density at radius 1 is 1.39 bits per heavy atom. The zero-order valence-corrected chi connectivity index (χ0v) is 11.3. The van der Waals surface area contributed by atoms with Crippen LogP contribution in [0.2, 0.25) is 0 Å². The number of carboxylic acid groups (broad SMARTS) is 1. The van der Waals surface area contributed by atoms with E-state index in [0.717, 1.165) is 18.0 Å². The standard InChI is InChI=1S/C11H17N3O3S/c1-3-5-12-8(15)4-6-13-10-9(11(16)17)7(2)14-18-10/h13H,3-6H2,1-2H3,(H,12,15)(H,16,17). The van der Waals surface area contributed by atoms with E-state index in [1.165, 1.54) is 0 Å². The molecule has 1 aromatic heterocycles. The SMILES string of the molecule is CCCNC(=O)CCNc1snc(C)c1C(=O)O. The van der Waals surface area contributed by atoms with Crippen molar-refractivity contribution in [3.8, 4) is 0 Å². The quantitative estimate of drug-likeness (QED) is 0.698. The van der Waals surface area contributed by atoms with Gasteiger partial charge in [-0.15, -0.1) is 0 Å². The van der Waals surface area contributed by atoms with Crippen molar-refractivity contribution >= 4 is 28.4 Å². The summed E-state index contributed by atoms with van der Waals surface area (Å²) >= 11 is 1.10. The highest BCUT2D eigenvalue weighted by Crippen LogP contribution is 2.24. The predicted molar refractivity (Wildman–Crippen MR) is 70.2 cm³/mol. The van der Waals surface area contributed by atoms with Crippen LogP contribution in [0.15, 0.2) is 0 Å². The maximum atomic E-state index is 11.3. The highest BCUT2D eigenvalue weighted by Gasteiger charge is 2.17. The van der Waals surface area contributed by atoms with E-state index < -0.39 is 5.97 Å². The molecule has 0 aliphatic heterocycles. The number of carbonyl (C=O) groups excluding carboxylic acids is 1. The Hall–Kier alpha value is -1.63. The lowest BCUT2D eigenvalue weighted by Gasteiger charge is -2.05. The Balaban J connectivity index is 2.44. The van der Waals surface area contributed by atoms with Crippen LogP contribution >= 0.6 is 11.5 Å². The van der Waals surface area contributed by atoms with E-state index in [1.54, 1.807) is 6.92 Å². The monoisotopic (exact) mass is 271 g/mol. The Bertz CT molecular complexity index is 431. The second kappa shape index (κ2) is 6.95. The molecule has 3 N–H and O–H groups in total. The van der Waals surface area contributed by atoms with Gasteiger partial charge in [0.05, 0.1) is 5.69 Å². The number of aromatic carboxylic acids is 1. The van der Waals surface area contributed by atoms with Crippen molar-refractivity contribution < 1.29 is 14.7 Å². The molecule has 0 aromatic carbocycles. The lowest BCUT2D eigenvalue weighted by atomic mass is 10.2. The third kappa shape index (κ3) is 3.99. The van der Waals surface area contributed by atoms with Crippen molar-refractivity contribution in [1.82, 2.24) is 9.69 Å². The summed E-state index contributed by atoms with van der Waals surface area (Å²) < 4.78 is 3.98. The first-order valence-electron chi connectivity index (χ1n) is 5.76. The highest BCUT2D eigenvalue weighted by molar-refractivity contribution is 7.10. The number of carbonyl (C=O) groups is 2. The molecule has 0 atom stereocenters. The van der Waals surface area contributed by atoms with Gasteiger partial charge in [0.2, 0.25) is 5.91 Å². The van der Waals surface area contributed by atoms with Gasteiger partial charge in [0.25, 0.3) is 0 Å². The number of hydrogen-bond donors (Lipinski definition) is 3. The molecule has 18 heavy (non-hydrogen) atoms. The van der Waals surface area contributed by atoms with Crippen molar-refractivity contribution in [1.29, 1.82) is 0 Å². The van der Waals surface area contributed by atoms with Crippen LogP contribution in [0.4, 0.5) is 5.00 Å². The van der Waals surface area contributed by atoms with Crippen molar-refractivity contribution in [3.63, 3.8) is 0 Å². The van der Waals surface area contributed by atoms with E-state index in [2.05, 4.69) is 15.0 Å². The van der Waals surface area contributed by atoms with Crippen LogP contribution in [0.1, 0.15) is 35.8 Å². The fourth-order valence-corrected chi connectivity index (χ4v) is 2.20. The minimum atomic E-state index is -1.00. The molecule has 1 amide bonds. The number of carboxylic acids is 1. The zero-order valence-electron chi connectivity index (χ0n) is 10.4. The lowest BCUT2D eigenvalue weighted by molar-refractivity contribution is -0.120. The highest BCUT2D eigenvalue weighted by atomic mass is 32.1. The van der Waals surface area contributed by atoms with Gasteiger partial charge >= 0.3 is 5.97 Å². The van der Waals surface area contributed by atoms with Crippen LogP contribution in [-0.4, -0.2) is 34.4 Å². The molecule has 1 aromatic rings. The lowest BCUT2D eigenvalue weighted by Crippen LogP contribution is -2.25. The van der Waals surface area contributed by atoms with E-state index in [1.807, 2.05) is 6.92 Å². The molecule has 0 spiro atoms. The number of hydrogen-bond acceptors (Lipinski definition) is 5. The minimum absolute atomic E-state index is 0.0394. The molecule has 0 bridgehead atoms. The average Bonchev–Trinajstić information content (AvgIpc) is 2.68. The molecule has 0 unspecified atom stereocenters. The Morgan fingerprint density at radius 3 is 2.72 bits per heavy atom. The van der Waals surface area contributed by atoms with Crippen LogP contribution in [0, 0.1) is 6.92 Å². The van der Waals surface area contributed by atoms with E-state index in [9.17, 15) is 9.59 Å². The number of rotatable bonds is 7. The first-order valence-corrected chi connectivity index (χ1v) is 6.53. The van der Waals surface area contributed by atoms with E-state index >= 15 is 0 Å². The summed E-state index contributed by atoms with van der Waals surface area (Å²) in [7, 11) is 0. The van der Waals surface area contributed by atoms with Crippen molar-refractivity contribution in [2.45, 2.75) is 26.7 Å². The number of amides is 1. The zero-order chi connectivity index (χ0) is 13.5. The first kappa shape index (κ1) is 14.4. The summed E-state index contributed by atoms with van der Waals surface area (Å²) in [5.41, 5.74) is 0.680. The van der Waals surface area contributed by atoms with Gasteiger partial charge in [-0.05, 0) is 24.9 Å². The second-order valence-electron chi connectivity index (χ2n) is 3.80. The third-order valence-electron chi connectivity index (χ3n) is 2.29. The van der Waals surface area contributed by atoms with Crippen LogP contribution in [0.5, 0.6) is 0 Å². The van der Waals surface area contributed by atoms with Gasteiger partial charge in [-0.2, -0.15) is 4.37 Å². The van der Waals surface area contributed by atoms with Gasteiger partial charge in [-0.3, -0.25) is 4.79 Å². The van der Waals surface area contributed by atoms with Crippen molar-refractivity contribution in [2.75, 3.05) is 18.4 Å². The molecular formula is C11H17N3O3S. The van der Waals surface area contributed by atoms with Gasteiger partial charge in [0, 0.05) is 19.5 Å². The fraction of sp³-hybridized carbons (Fsp3) is 0.545. The summed E-state index contributed by atoms with van der Waals surface area (Å²) in [5, 5.41) is 15.2. The molecule has 0 aliphatic carbocycles. The maximum absolute atomic E-state index is 11.3. The smallest absolute Gasteiger partial charge is 0.340 e. The molecule has 0 radical (unpaired) electrons. The van der Waals surface area contributed by atoms with Gasteiger partial charge in [0.1, 0.15) is 10.6 Å². The Kier molecular flexibility index (Phi) is 5.57.